The molecular weight excluding hydrogens is 395 g/mol. The van der Waals surface area contributed by atoms with Crippen LogP contribution in [0.1, 0.15) is 53.4 Å². The lowest BCUT2D eigenvalue weighted by atomic mass is 9.63. The lowest BCUT2D eigenvalue weighted by Gasteiger charge is -2.56. The van der Waals surface area contributed by atoms with Gasteiger partial charge in [-0.2, -0.15) is 0 Å². The van der Waals surface area contributed by atoms with E-state index in [1.807, 2.05) is 6.92 Å². The zero-order valence-corrected chi connectivity index (χ0v) is 18.4. The van der Waals surface area contributed by atoms with E-state index in [0.717, 1.165) is 12.8 Å². The van der Waals surface area contributed by atoms with Crippen molar-refractivity contribution in [1.82, 2.24) is 0 Å². The Hall–Kier alpha value is -1.41. The summed E-state index contributed by atoms with van der Waals surface area (Å²) in [6.07, 6.45) is 5.56. The molecule has 2 aliphatic carbocycles. The maximum absolute atomic E-state index is 15.4. The number of ether oxygens (including phenoxy) is 2. The molecule has 6 nitrogen and oxygen atoms in total. The van der Waals surface area contributed by atoms with Crippen molar-refractivity contribution in [2.75, 3.05) is 13.2 Å². The van der Waals surface area contributed by atoms with Crippen LogP contribution in [-0.4, -0.2) is 49.1 Å². The van der Waals surface area contributed by atoms with Crippen LogP contribution >= 0.6 is 0 Å². The number of aliphatic imine (C=N–C) groups is 1. The zero-order chi connectivity index (χ0) is 21.2. The predicted molar refractivity (Wildman–Crippen MR) is 110 cm³/mol. The van der Waals surface area contributed by atoms with Gasteiger partial charge in [0.1, 0.15) is 21.9 Å². The highest BCUT2D eigenvalue weighted by Gasteiger charge is 2.67. The van der Waals surface area contributed by atoms with Gasteiger partial charge in [-0.15, -0.1) is 0 Å². The van der Waals surface area contributed by atoms with Gasteiger partial charge in [-0.25, -0.2) is 12.8 Å². The summed E-state index contributed by atoms with van der Waals surface area (Å²) in [6.45, 7) is 7.33. The first kappa shape index (κ1) is 20.8. The van der Waals surface area contributed by atoms with E-state index in [4.69, 9.17) is 20.2 Å². The van der Waals surface area contributed by atoms with Crippen LogP contribution in [0.4, 0.5) is 4.39 Å². The van der Waals surface area contributed by atoms with Crippen LogP contribution in [0.25, 0.3) is 0 Å². The highest BCUT2D eigenvalue weighted by Crippen LogP contribution is 2.57. The Morgan fingerprint density at radius 3 is 2.66 bits per heavy atom. The van der Waals surface area contributed by atoms with Crippen molar-refractivity contribution in [3.8, 4) is 0 Å². The first-order chi connectivity index (χ1) is 13.4. The normalized spacial score (nSPS) is 40.9. The molecular formula is C21H31FN2O4S. The van der Waals surface area contributed by atoms with E-state index in [9.17, 15) is 8.42 Å². The fraction of sp³-hybridized carbons (Fsp3) is 0.762. The Balaban J connectivity index is 1.80. The van der Waals surface area contributed by atoms with Crippen LogP contribution in [0.15, 0.2) is 28.7 Å². The van der Waals surface area contributed by atoms with Crippen LogP contribution in [0, 0.1) is 11.3 Å². The molecule has 162 valence electrons. The third-order valence-corrected chi connectivity index (χ3v) is 10.3. The van der Waals surface area contributed by atoms with Crippen molar-refractivity contribution < 1.29 is 22.3 Å². The molecule has 1 unspecified atom stereocenters. The molecule has 1 saturated heterocycles. The van der Waals surface area contributed by atoms with Crippen LogP contribution in [0.3, 0.4) is 0 Å². The maximum atomic E-state index is 15.4. The molecule has 29 heavy (non-hydrogen) atoms. The molecule has 8 heteroatoms. The summed E-state index contributed by atoms with van der Waals surface area (Å²) in [7, 11) is -3.74. The summed E-state index contributed by atoms with van der Waals surface area (Å²) in [4.78, 5) is 4.73. The molecule has 2 N–H and O–H groups in total. The second kappa shape index (κ2) is 6.54. The number of sulfone groups is 1. The van der Waals surface area contributed by atoms with E-state index < -0.39 is 36.6 Å². The van der Waals surface area contributed by atoms with Crippen LogP contribution in [0.5, 0.6) is 0 Å². The number of rotatable bonds is 4. The van der Waals surface area contributed by atoms with E-state index in [2.05, 4.69) is 0 Å². The van der Waals surface area contributed by atoms with Crippen LogP contribution in [0.2, 0.25) is 0 Å². The van der Waals surface area contributed by atoms with Crippen molar-refractivity contribution >= 4 is 15.7 Å². The number of hydrogen-bond acceptors (Lipinski definition) is 6. The first-order valence-corrected chi connectivity index (χ1v) is 11.9. The SMILES string of the molecule is C[C@H]1C[C@@H]2[C@](C3(C)CC(OCC4CC4)=CC=C3F)(CO1)N=C(N)C(C)(C)S2(=O)=O. The van der Waals surface area contributed by atoms with Gasteiger partial charge in [0.05, 0.1) is 35.7 Å². The molecule has 0 spiro atoms. The minimum Gasteiger partial charge on any atom is -0.498 e. The van der Waals surface area contributed by atoms with Crippen LogP contribution in [-0.2, 0) is 19.3 Å². The lowest BCUT2D eigenvalue weighted by molar-refractivity contribution is -0.0592. The number of allylic oxidation sites excluding steroid dienone is 3. The van der Waals surface area contributed by atoms with Crippen molar-refractivity contribution in [1.29, 1.82) is 0 Å². The van der Waals surface area contributed by atoms with Gasteiger partial charge in [0, 0.05) is 6.42 Å². The second-order valence-electron chi connectivity index (χ2n) is 9.73. The van der Waals surface area contributed by atoms with Gasteiger partial charge in [-0.1, -0.05) is 6.92 Å². The quantitative estimate of drug-likeness (QED) is 0.746. The van der Waals surface area contributed by atoms with Gasteiger partial charge in [-0.05, 0) is 58.1 Å². The molecule has 0 bridgehead atoms. The van der Waals surface area contributed by atoms with Gasteiger partial charge in [0.2, 0.25) is 0 Å². The molecule has 0 amide bonds. The maximum Gasteiger partial charge on any atom is 0.168 e. The second-order valence-corrected chi connectivity index (χ2v) is 12.4. The molecule has 4 atom stereocenters. The molecule has 2 heterocycles. The molecule has 4 aliphatic rings. The largest absolute Gasteiger partial charge is 0.498 e. The molecule has 2 aliphatic heterocycles. The predicted octanol–water partition coefficient (Wildman–Crippen LogP) is 3.04. The smallest absolute Gasteiger partial charge is 0.168 e. The van der Waals surface area contributed by atoms with E-state index >= 15 is 4.39 Å². The Kier molecular flexibility index (Phi) is 4.70. The summed E-state index contributed by atoms with van der Waals surface area (Å²) in [5.41, 5.74) is 3.64. The van der Waals surface area contributed by atoms with Gasteiger partial charge in [0.25, 0.3) is 0 Å². The molecule has 0 aromatic carbocycles. The number of halogens is 1. The van der Waals surface area contributed by atoms with Gasteiger partial charge < -0.3 is 15.2 Å². The monoisotopic (exact) mass is 426 g/mol. The highest BCUT2D eigenvalue weighted by molar-refractivity contribution is 7.94. The molecule has 0 aromatic heterocycles. The number of nitrogens with two attached hydrogens (primary N) is 1. The standard InChI is InChI=1S/C21H31FN2O4S/c1-13-9-17-21(12-28-13,24-18(23)19(2,3)29(17,25)26)20(4)10-15(7-8-16(20)22)27-11-14-5-6-14/h7-8,13-14,17H,5-6,9-12H2,1-4H3,(H2,23,24)/t13-,17+,20?,21-/m0/s1. The number of hydrogen-bond donors (Lipinski definition) is 1. The Bertz CT molecular complexity index is 906. The van der Waals surface area contributed by atoms with Crippen molar-refractivity contribution in [3.63, 3.8) is 0 Å². The van der Waals surface area contributed by atoms with E-state index in [1.165, 1.54) is 6.08 Å². The summed E-state index contributed by atoms with van der Waals surface area (Å²) < 4.78 is 53.2. The van der Waals surface area contributed by atoms with Crippen LogP contribution < -0.4 is 5.73 Å². The highest BCUT2D eigenvalue weighted by atomic mass is 32.2. The average Bonchev–Trinajstić information content (AvgIpc) is 3.47. The topological polar surface area (TPSA) is 91.0 Å². The van der Waals surface area contributed by atoms with E-state index in [1.54, 1.807) is 26.8 Å². The van der Waals surface area contributed by atoms with Gasteiger partial charge >= 0.3 is 0 Å². The summed E-state index contributed by atoms with van der Waals surface area (Å²) in [6, 6.07) is 0. The lowest BCUT2D eigenvalue weighted by Crippen LogP contribution is -2.71. The third-order valence-electron chi connectivity index (χ3n) is 7.32. The summed E-state index contributed by atoms with van der Waals surface area (Å²) in [5.74, 6) is 0.817. The summed E-state index contributed by atoms with van der Waals surface area (Å²) >= 11 is 0. The fourth-order valence-electron chi connectivity index (χ4n) is 4.71. The van der Waals surface area contributed by atoms with Crippen molar-refractivity contribution in [2.24, 2.45) is 22.1 Å². The molecule has 4 rings (SSSR count). The van der Waals surface area contributed by atoms with E-state index in [-0.39, 0.29) is 31.4 Å². The van der Waals surface area contributed by atoms with Crippen molar-refractivity contribution in [3.05, 3.63) is 23.7 Å². The molecule has 2 fully saturated rings. The first-order valence-electron chi connectivity index (χ1n) is 10.3. The summed E-state index contributed by atoms with van der Waals surface area (Å²) in [5, 5.41) is -0.881. The minimum absolute atomic E-state index is 0.00249. The molecule has 0 radical (unpaired) electrons. The van der Waals surface area contributed by atoms with Gasteiger partial charge in [-0.3, -0.25) is 4.99 Å². The average molecular weight is 427 g/mol. The molecule has 1 saturated carbocycles. The Morgan fingerprint density at radius 1 is 1.31 bits per heavy atom. The fourth-order valence-corrected chi connectivity index (χ4v) is 7.18. The minimum atomic E-state index is -3.74. The zero-order valence-electron chi connectivity index (χ0n) is 17.6. The third kappa shape index (κ3) is 2.97. The number of amidine groups is 1. The Labute approximate surface area is 172 Å². The van der Waals surface area contributed by atoms with Gasteiger partial charge in [0.15, 0.2) is 9.84 Å². The van der Waals surface area contributed by atoms with E-state index in [0.29, 0.717) is 18.3 Å². The Morgan fingerprint density at radius 2 is 2.00 bits per heavy atom. The van der Waals surface area contributed by atoms with Crippen molar-refractivity contribution in [2.45, 2.75) is 75.0 Å². The number of fused-ring (bicyclic) bond motifs is 1. The molecule has 0 aromatic rings. The number of nitrogens with zero attached hydrogens (tertiary/aromatic N) is 1.